The molecule has 1 fully saturated rings. The molecule has 0 amide bonds. The zero-order valence-corrected chi connectivity index (χ0v) is 16.1. The summed E-state index contributed by atoms with van der Waals surface area (Å²) in [5.41, 5.74) is 1.38. The predicted molar refractivity (Wildman–Crippen MR) is 114 cm³/mol. The second kappa shape index (κ2) is 7.39. The summed E-state index contributed by atoms with van der Waals surface area (Å²) in [7, 11) is 0. The van der Waals surface area contributed by atoms with Gasteiger partial charge in [0.25, 0.3) is 0 Å². The normalized spacial score (nSPS) is 17.2. The van der Waals surface area contributed by atoms with Crippen molar-refractivity contribution in [3.63, 3.8) is 0 Å². The Hall–Kier alpha value is -2.27. The molecule has 3 heterocycles. The van der Waals surface area contributed by atoms with E-state index in [1.165, 1.54) is 37.7 Å². The first-order valence-corrected chi connectivity index (χ1v) is 10.5. The molecule has 4 heteroatoms. The molecule has 1 saturated heterocycles. The van der Waals surface area contributed by atoms with Gasteiger partial charge in [0.05, 0.1) is 6.04 Å². The average Bonchev–Trinajstić information content (AvgIpc) is 2.95. The number of fused-ring (bicyclic) bond motifs is 2. The molecule has 0 spiro atoms. The van der Waals surface area contributed by atoms with E-state index in [0.717, 1.165) is 26.2 Å². The van der Waals surface area contributed by atoms with Crippen molar-refractivity contribution in [2.24, 2.45) is 0 Å². The largest absolute Gasteiger partial charge is 0.315 e. The van der Waals surface area contributed by atoms with Crippen LogP contribution >= 0.6 is 11.3 Å². The molecule has 0 bridgehead atoms. The van der Waals surface area contributed by atoms with Gasteiger partial charge >= 0.3 is 0 Å². The van der Waals surface area contributed by atoms with Gasteiger partial charge < -0.3 is 5.32 Å². The third kappa shape index (κ3) is 3.36. The van der Waals surface area contributed by atoms with E-state index in [-0.39, 0.29) is 0 Å². The van der Waals surface area contributed by atoms with Crippen molar-refractivity contribution in [1.29, 1.82) is 0 Å². The van der Waals surface area contributed by atoms with Crippen LogP contribution in [0.15, 0.2) is 67.0 Å². The Balaban J connectivity index is 1.63. The van der Waals surface area contributed by atoms with Crippen molar-refractivity contribution in [2.75, 3.05) is 26.2 Å². The zero-order chi connectivity index (χ0) is 18.1. The third-order valence-corrected chi connectivity index (χ3v) is 6.60. The van der Waals surface area contributed by atoms with Gasteiger partial charge in [-0.05, 0) is 53.6 Å². The second-order valence-corrected chi connectivity index (χ2v) is 8.33. The Morgan fingerprint density at radius 3 is 2.85 bits per heavy atom. The molecule has 2 aromatic carbocycles. The molecule has 5 rings (SSSR count). The second-order valence-electron chi connectivity index (χ2n) is 7.21. The Morgan fingerprint density at radius 1 is 0.926 bits per heavy atom. The highest BCUT2D eigenvalue weighted by molar-refractivity contribution is 7.19. The molecule has 27 heavy (non-hydrogen) atoms. The van der Waals surface area contributed by atoms with Gasteiger partial charge in [-0.2, -0.15) is 0 Å². The van der Waals surface area contributed by atoms with Crippen LogP contribution in [0.25, 0.3) is 20.9 Å². The average molecular weight is 374 g/mol. The van der Waals surface area contributed by atoms with Crippen LogP contribution in [0.4, 0.5) is 0 Å². The van der Waals surface area contributed by atoms with Gasteiger partial charge in [-0.15, -0.1) is 11.3 Å². The van der Waals surface area contributed by atoms with E-state index in [0.29, 0.717) is 6.04 Å². The Bertz CT molecular complexity index is 1030. The number of nitrogens with zero attached hydrogens (tertiary/aromatic N) is 2. The van der Waals surface area contributed by atoms with Crippen LogP contribution in [0, 0.1) is 0 Å². The monoisotopic (exact) mass is 373 g/mol. The number of pyridine rings is 1. The molecule has 2 aromatic heterocycles. The van der Waals surface area contributed by atoms with Crippen molar-refractivity contribution in [3.05, 3.63) is 77.4 Å². The molecule has 1 aliphatic heterocycles. The first-order chi connectivity index (χ1) is 13.4. The molecule has 0 aliphatic carbocycles. The van der Waals surface area contributed by atoms with Crippen LogP contribution in [-0.2, 0) is 0 Å². The van der Waals surface area contributed by atoms with Gasteiger partial charge in [0.1, 0.15) is 0 Å². The quantitative estimate of drug-likeness (QED) is 0.557. The molecular weight excluding hydrogens is 350 g/mol. The van der Waals surface area contributed by atoms with Gasteiger partial charge in [0, 0.05) is 47.0 Å². The van der Waals surface area contributed by atoms with Crippen LogP contribution < -0.4 is 5.32 Å². The van der Waals surface area contributed by atoms with Gasteiger partial charge in [0.2, 0.25) is 0 Å². The minimum atomic E-state index is 0.305. The van der Waals surface area contributed by atoms with Crippen molar-refractivity contribution in [1.82, 2.24) is 15.2 Å². The summed E-state index contributed by atoms with van der Waals surface area (Å²) in [6.45, 7) is 4.37. The summed E-state index contributed by atoms with van der Waals surface area (Å²) in [4.78, 5) is 8.34. The number of benzene rings is 2. The van der Waals surface area contributed by atoms with E-state index in [9.17, 15) is 0 Å². The number of hydrogen-bond acceptors (Lipinski definition) is 4. The summed E-state index contributed by atoms with van der Waals surface area (Å²) in [5.74, 6) is 0. The van der Waals surface area contributed by atoms with E-state index in [1.54, 1.807) is 0 Å². The fourth-order valence-corrected chi connectivity index (χ4v) is 5.32. The minimum absolute atomic E-state index is 0.305. The summed E-state index contributed by atoms with van der Waals surface area (Å²) >= 11 is 1.93. The van der Waals surface area contributed by atoms with E-state index in [2.05, 4.69) is 69.8 Å². The number of nitrogens with one attached hydrogen (secondary N) is 1. The van der Waals surface area contributed by atoms with Gasteiger partial charge in [-0.1, -0.05) is 30.3 Å². The van der Waals surface area contributed by atoms with E-state index in [4.69, 9.17) is 0 Å². The number of thiophene rings is 1. The van der Waals surface area contributed by atoms with Crippen molar-refractivity contribution in [2.45, 2.75) is 12.5 Å². The maximum Gasteiger partial charge on any atom is 0.0697 e. The minimum Gasteiger partial charge on any atom is -0.315 e. The molecule has 1 unspecified atom stereocenters. The Morgan fingerprint density at radius 2 is 1.89 bits per heavy atom. The van der Waals surface area contributed by atoms with Gasteiger partial charge in [-0.25, -0.2) is 0 Å². The molecule has 1 atom stereocenters. The van der Waals surface area contributed by atoms with Crippen LogP contribution in [0.3, 0.4) is 0 Å². The SMILES string of the molecule is c1ccc2sc(C(c3ccc4cnccc4c3)N3CCCNCC3)cc2c1. The summed E-state index contributed by atoms with van der Waals surface area (Å²) in [5, 5.41) is 7.36. The molecule has 0 saturated carbocycles. The van der Waals surface area contributed by atoms with Gasteiger partial charge in [-0.3, -0.25) is 9.88 Å². The first kappa shape index (κ1) is 16.9. The standard InChI is InChI=1S/C23H23N3S/c1-2-5-21-18(4-1)15-22(27-21)23(26-12-3-9-24-11-13-26)19-6-7-20-16-25-10-8-17(20)14-19/h1-2,4-8,10,14-16,23-24H,3,9,11-13H2. The lowest BCUT2D eigenvalue weighted by Crippen LogP contribution is -2.32. The highest BCUT2D eigenvalue weighted by Crippen LogP contribution is 2.37. The summed E-state index contributed by atoms with van der Waals surface area (Å²) < 4.78 is 1.37. The third-order valence-electron chi connectivity index (χ3n) is 5.43. The molecule has 3 nitrogen and oxygen atoms in total. The zero-order valence-electron chi connectivity index (χ0n) is 15.3. The maximum atomic E-state index is 4.26. The molecule has 136 valence electrons. The van der Waals surface area contributed by atoms with Crippen molar-refractivity contribution >= 4 is 32.2 Å². The Kier molecular flexibility index (Phi) is 4.62. The lowest BCUT2D eigenvalue weighted by Gasteiger charge is -2.30. The predicted octanol–water partition coefficient (Wildman–Crippen LogP) is 4.83. The lowest BCUT2D eigenvalue weighted by molar-refractivity contribution is 0.244. The summed E-state index contributed by atoms with van der Waals surface area (Å²) in [6, 6.07) is 20.4. The highest BCUT2D eigenvalue weighted by atomic mass is 32.1. The van der Waals surface area contributed by atoms with Crippen molar-refractivity contribution in [3.8, 4) is 0 Å². The number of rotatable bonds is 3. The maximum absolute atomic E-state index is 4.26. The number of aromatic nitrogens is 1. The molecule has 4 aromatic rings. The number of hydrogen-bond donors (Lipinski definition) is 1. The van der Waals surface area contributed by atoms with Crippen LogP contribution in [0.2, 0.25) is 0 Å². The van der Waals surface area contributed by atoms with Crippen LogP contribution in [0.5, 0.6) is 0 Å². The van der Waals surface area contributed by atoms with E-state index in [1.807, 2.05) is 23.7 Å². The molecule has 1 N–H and O–H groups in total. The molecule has 1 aliphatic rings. The lowest BCUT2D eigenvalue weighted by atomic mass is 9.99. The van der Waals surface area contributed by atoms with E-state index < -0.39 is 0 Å². The first-order valence-electron chi connectivity index (χ1n) is 9.65. The van der Waals surface area contributed by atoms with E-state index >= 15 is 0 Å². The van der Waals surface area contributed by atoms with Crippen molar-refractivity contribution < 1.29 is 0 Å². The fourth-order valence-electron chi connectivity index (χ4n) is 4.09. The van der Waals surface area contributed by atoms with Gasteiger partial charge in [0.15, 0.2) is 0 Å². The molecular formula is C23H23N3S. The topological polar surface area (TPSA) is 28.2 Å². The fraction of sp³-hybridized carbons (Fsp3) is 0.261. The van der Waals surface area contributed by atoms with Crippen LogP contribution in [-0.4, -0.2) is 36.1 Å². The summed E-state index contributed by atoms with van der Waals surface area (Å²) in [6.07, 6.45) is 5.03. The Labute approximate surface area is 163 Å². The highest BCUT2D eigenvalue weighted by Gasteiger charge is 2.25. The van der Waals surface area contributed by atoms with Crippen LogP contribution in [0.1, 0.15) is 22.9 Å². The smallest absolute Gasteiger partial charge is 0.0697 e. The molecule has 0 radical (unpaired) electrons.